The maximum absolute atomic E-state index is 13.5. The summed E-state index contributed by atoms with van der Waals surface area (Å²) in [5, 5.41) is 11.1. The molecule has 0 bridgehead atoms. The van der Waals surface area contributed by atoms with Crippen molar-refractivity contribution in [3.63, 3.8) is 0 Å². The summed E-state index contributed by atoms with van der Waals surface area (Å²) in [6.45, 7) is 3.71. The summed E-state index contributed by atoms with van der Waals surface area (Å²) in [5.41, 5.74) is 1.28. The van der Waals surface area contributed by atoms with Crippen molar-refractivity contribution in [2.24, 2.45) is 4.99 Å². The summed E-state index contributed by atoms with van der Waals surface area (Å²) >= 11 is 0. The zero-order valence-electron chi connectivity index (χ0n) is 22.3. The van der Waals surface area contributed by atoms with Crippen LogP contribution in [0.2, 0.25) is 0 Å². The molecule has 13 heteroatoms. The van der Waals surface area contributed by atoms with Crippen LogP contribution in [0, 0.1) is 6.92 Å². The largest absolute Gasteiger partial charge is 0.461 e. The molecular weight excluding hydrogens is 518 g/mol. The van der Waals surface area contributed by atoms with Crippen molar-refractivity contribution >= 4 is 52.3 Å². The molecule has 4 heterocycles. The minimum Gasteiger partial charge on any atom is -0.461 e. The lowest BCUT2D eigenvalue weighted by Gasteiger charge is -2.26. The second kappa shape index (κ2) is 11.8. The monoisotopic (exact) mass is 551 g/mol. The lowest BCUT2D eigenvalue weighted by Crippen LogP contribution is -2.58. The highest BCUT2D eigenvalue weighted by molar-refractivity contribution is 6.10. The van der Waals surface area contributed by atoms with E-state index in [0.717, 1.165) is 30.4 Å². The van der Waals surface area contributed by atoms with Crippen molar-refractivity contribution in [3.05, 3.63) is 30.0 Å². The third-order valence-corrected chi connectivity index (χ3v) is 7.23. The predicted octanol–water partition coefficient (Wildman–Crippen LogP) is 1.23. The van der Waals surface area contributed by atoms with Gasteiger partial charge in [-0.05, 0) is 63.3 Å². The minimum atomic E-state index is -1.10. The van der Waals surface area contributed by atoms with E-state index < -0.39 is 29.9 Å². The maximum Gasteiger partial charge on any atom is 0.322 e. The Morgan fingerprint density at radius 1 is 1.07 bits per heavy atom. The van der Waals surface area contributed by atoms with Crippen molar-refractivity contribution < 1.29 is 28.4 Å². The average Bonchev–Trinajstić information content (AvgIpc) is 3.54. The Morgan fingerprint density at radius 3 is 2.62 bits per heavy atom. The van der Waals surface area contributed by atoms with E-state index in [9.17, 15) is 24.0 Å². The van der Waals surface area contributed by atoms with Crippen LogP contribution < -0.4 is 21.3 Å². The van der Waals surface area contributed by atoms with Gasteiger partial charge in [-0.1, -0.05) is 0 Å². The number of hydrogen-bond donors (Lipinski definition) is 4. The van der Waals surface area contributed by atoms with Crippen LogP contribution in [0.4, 0.5) is 10.5 Å². The van der Waals surface area contributed by atoms with Gasteiger partial charge in [0.2, 0.25) is 29.6 Å². The van der Waals surface area contributed by atoms with Crippen LogP contribution in [-0.2, 0) is 19.2 Å². The number of carbonyl (C=O) groups is 5. The molecule has 1 aromatic heterocycles. The number of hydrogen-bond acceptors (Lipinski definition) is 7. The number of aliphatic imine (C=N–C) groups is 1. The predicted molar refractivity (Wildman–Crippen MR) is 145 cm³/mol. The standard InChI is InChI=1S/C27H33N7O6/c1-16-12-17-13-18(7-8-21(17)40-16)28-26(32-24(37)20-14-22(35)31-27(39)30-20)29-19-6-2-3-11-34(25(19)38)15-23(36)33-9-4-5-10-33/h7-8,12-13,19-20H,2-6,9-11,14-15H2,1H3,(H2,28,29,32,37)(H2,30,31,35,39). The van der Waals surface area contributed by atoms with Gasteiger partial charge >= 0.3 is 6.03 Å². The topological polar surface area (TPSA) is 165 Å². The second-order valence-corrected chi connectivity index (χ2v) is 10.3. The molecule has 3 aliphatic rings. The molecule has 2 unspecified atom stereocenters. The van der Waals surface area contributed by atoms with Gasteiger partial charge in [0.05, 0.1) is 13.0 Å². The fraction of sp³-hybridized carbons (Fsp3) is 0.481. The number of urea groups is 1. The molecule has 0 spiro atoms. The number of aryl methyl sites for hydroxylation is 1. The summed E-state index contributed by atoms with van der Waals surface area (Å²) in [7, 11) is 0. The third-order valence-electron chi connectivity index (χ3n) is 7.23. The lowest BCUT2D eigenvalue weighted by atomic mass is 10.1. The van der Waals surface area contributed by atoms with E-state index in [4.69, 9.17) is 4.42 Å². The van der Waals surface area contributed by atoms with Crippen molar-refractivity contribution in [2.45, 2.75) is 57.5 Å². The summed E-state index contributed by atoms with van der Waals surface area (Å²) in [4.78, 5) is 70.9. The highest BCUT2D eigenvalue weighted by Crippen LogP contribution is 2.23. The van der Waals surface area contributed by atoms with Crippen LogP contribution in [0.25, 0.3) is 11.0 Å². The number of furan rings is 1. The number of amides is 6. The molecule has 3 saturated heterocycles. The number of benzene rings is 1. The number of guanidine groups is 1. The summed E-state index contributed by atoms with van der Waals surface area (Å²) < 4.78 is 5.63. The molecule has 5 rings (SSSR count). The molecule has 1 aromatic carbocycles. The number of imide groups is 1. The number of nitrogens with one attached hydrogen (secondary N) is 4. The van der Waals surface area contributed by atoms with Crippen molar-refractivity contribution in [1.82, 2.24) is 25.8 Å². The zero-order chi connectivity index (χ0) is 28.2. The number of nitrogens with zero attached hydrogens (tertiary/aromatic N) is 3. The lowest BCUT2D eigenvalue weighted by molar-refractivity contribution is -0.140. The van der Waals surface area contributed by atoms with Crippen LogP contribution in [0.1, 0.15) is 44.3 Å². The molecule has 3 aliphatic heterocycles. The SMILES string of the molecule is Cc1cc2cc(NC(=NC3CCCCN(CC(=O)N4CCCC4)C3=O)NC(=O)C3CC(=O)NC(=O)N3)ccc2o1. The van der Waals surface area contributed by atoms with E-state index in [1.807, 2.05) is 19.1 Å². The van der Waals surface area contributed by atoms with Gasteiger partial charge in [0.25, 0.3) is 0 Å². The van der Waals surface area contributed by atoms with E-state index in [0.29, 0.717) is 43.7 Å². The van der Waals surface area contributed by atoms with E-state index in [1.54, 1.807) is 21.9 Å². The van der Waals surface area contributed by atoms with E-state index in [-0.39, 0.29) is 30.7 Å². The van der Waals surface area contributed by atoms with Crippen LogP contribution in [0.3, 0.4) is 0 Å². The zero-order valence-corrected chi connectivity index (χ0v) is 22.3. The number of rotatable bonds is 5. The Bertz CT molecular complexity index is 1350. The van der Waals surface area contributed by atoms with E-state index in [1.165, 1.54) is 0 Å². The van der Waals surface area contributed by atoms with Crippen LogP contribution in [0.5, 0.6) is 0 Å². The number of carbonyl (C=O) groups excluding carboxylic acids is 5. The number of fused-ring (bicyclic) bond motifs is 1. The third kappa shape index (κ3) is 6.41. The first kappa shape index (κ1) is 27.2. The first-order chi connectivity index (χ1) is 19.2. The molecule has 2 aromatic rings. The van der Waals surface area contributed by atoms with Crippen LogP contribution >= 0.6 is 0 Å². The number of likely N-dealkylation sites (tertiary alicyclic amines) is 2. The van der Waals surface area contributed by atoms with Gasteiger partial charge in [-0.3, -0.25) is 29.8 Å². The van der Waals surface area contributed by atoms with Crippen LogP contribution in [-0.4, -0.2) is 83.7 Å². The van der Waals surface area contributed by atoms with E-state index >= 15 is 0 Å². The molecule has 0 radical (unpaired) electrons. The minimum absolute atomic E-state index is 0.000298. The Kier molecular flexibility index (Phi) is 7.99. The first-order valence-electron chi connectivity index (χ1n) is 13.6. The molecule has 212 valence electrons. The molecule has 2 atom stereocenters. The Hall–Kier alpha value is -4.42. The highest BCUT2D eigenvalue weighted by Gasteiger charge is 2.32. The van der Waals surface area contributed by atoms with Gasteiger partial charge in [0, 0.05) is 30.7 Å². The fourth-order valence-corrected chi connectivity index (χ4v) is 5.20. The van der Waals surface area contributed by atoms with Gasteiger partial charge in [-0.2, -0.15) is 0 Å². The van der Waals surface area contributed by atoms with Gasteiger partial charge in [0.1, 0.15) is 23.4 Å². The molecule has 0 aliphatic carbocycles. The summed E-state index contributed by atoms with van der Waals surface area (Å²) in [6.07, 6.45) is 3.59. The first-order valence-corrected chi connectivity index (χ1v) is 13.6. The summed E-state index contributed by atoms with van der Waals surface area (Å²) in [5.74, 6) is -0.851. The molecule has 13 nitrogen and oxygen atoms in total. The maximum atomic E-state index is 13.5. The van der Waals surface area contributed by atoms with Crippen LogP contribution in [0.15, 0.2) is 33.7 Å². The normalized spacial score (nSPS) is 22.1. The Labute approximate surface area is 230 Å². The number of anilines is 1. The fourth-order valence-electron chi connectivity index (χ4n) is 5.20. The second-order valence-electron chi connectivity index (χ2n) is 10.3. The molecule has 3 fully saturated rings. The van der Waals surface area contributed by atoms with Gasteiger partial charge in [-0.15, -0.1) is 0 Å². The van der Waals surface area contributed by atoms with Gasteiger partial charge < -0.3 is 24.9 Å². The smallest absolute Gasteiger partial charge is 0.322 e. The van der Waals surface area contributed by atoms with Crippen molar-refractivity contribution in [3.8, 4) is 0 Å². The van der Waals surface area contributed by atoms with Crippen molar-refractivity contribution in [2.75, 3.05) is 31.5 Å². The molecular formula is C27H33N7O6. The highest BCUT2D eigenvalue weighted by atomic mass is 16.3. The Balaban J connectivity index is 1.38. The molecule has 4 N–H and O–H groups in total. The van der Waals surface area contributed by atoms with E-state index in [2.05, 4.69) is 26.3 Å². The van der Waals surface area contributed by atoms with Crippen molar-refractivity contribution in [1.29, 1.82) is 0 Å². The average molecular weight is 552 g/mol. The molecule has 6 amide bonds. The van der Waals surface area contributed by atoms with Gasteiger partial charge in [0.15, 0.2) is 0 Å². The molecule has 0 saturated carbocycles. The molecule has 40 heavy (non-hydrogen) atoms. The Morgan fingerprint density at radius 2 is 1.85 bits per heavy atom. The van der Waals surface area contributed by atoms with Gasteiger partial charge in [-0.25, -0.2) is 9.79 Å². The quantitative estimate of drug-likeness (QED) is 0.320. The summed E-state index contributed by atoms with van der Waals surface area (Å²) in [6, 6.07) is 4.51.